The molecule has 0 aliphatic carbocycles. The van der Waals surface area contributed by atoms with E-state index in [-0.39, 0.29) is 0 Å². The van der Waals surface area contributed by atoms with Gasteiger partial charge in [0, 0.05) is 6.10 Å². The summed E-state index contributed by atoms with van der Waals surface area (Å²) in [6, 6.07) is 10.8. The maximum Gasteiger partial charge on any atom is 0.192 e. The molecule has 1 rings (SSSR count). The van der Waals surface area contributed by atoms with Crippen LogP contribution in [0.4, 0.5) is 0 Å². The molecular weight excluding hydrogens is 284 g/mol. The van der Waals surface area contributed by atoms with Crippen molar-refractivity contribution in [3.05, 3.63) is 35.9 Å². The van der Waals surface area contributed by atoms with E-state index in [1.165, 1.54) is 18.4 Å². The third-order valence-electron chi connectivity index (χ3n) is 4.48. The lowest BCUT2D eigenvalue weighted by Gasteiger charge is -2.39. The van der Waals surface area contributed by atoms with Gasteiger partial charge in [0.05, 0.1) is 0 Å². The molecule has 22 heavy (non-hydrogen) atoms. The molecule has 0 unspecified atom stereocenters. The Kier molecular flexibility index (Phi) is 9.94. The summed E-state index contributed by atoms with van der Waals surface area (Å²) in [4.78, 5) is 0. The van der Waals surface area contributed by atoms with Crippen LogP contribution in [0.5, 0.6) is 0 Å². The highest BCUT2D eigenvalue weighted by Gasteiger charge is 2.38. The van der Waals surface area contributed by atoms with Gasteiger partial charge in [-0.05, 0) is 43.0 Å². The van der Waals surface area contributed by atoms with Gasteiger partial charge in [0.1, 0.15) is 0 Å². The quantitative estimate of drug-likeness (QED) is 0.499. The number of aryl methyl sites for hydroxylation is 1. The molecule has 0 aliphatic heterocycles. The summed E-state index contributed by atoms with van der Waals surface area (Å²) >= 11 is 0. The number of benzene rings is 1. The van der Waals surface area contributed by atoms with E-state index < -0.39 is 8.32 Å². The average molecular weight is 323 g/mol. The third-order valence-corrected chi connectivity index (χ3v) is 9.01. The van der Waals surface area contributed by atoms with Crippen LogP contribution in [-0.2, 0) is 10.8 Å². The smallest absolute Gasteiger partial charge is 0.192 e. The Balaban J connectivity index is 0.00000211. The lowest BCUT2D eigenvalue weighted by Crippen LogP contribution is -2.44. The monoisotopic (exact) mass is 322 g/mol. The van der Waals surface area contributed by atoms with E-state index >= 15 is 0 Å². The minimum Gasteiger partial charge on any atom is -0.414 e. The predicted molar refractivity (Wildman–Crippen MR) is 103 cm³/mol. The molecule has 0 aliphatic rings. The van der Waals surface area contributed by atoms with E-state index in [0.29, 0.717) is 11.1 Å². The lowest BCUT2D eigenvalue weighted by atomic mass is 10.0. The first-order valence-corrected chi connectivity index (χ1v) is 11.9. The molecule has 0 aromatic heterocycles. The van der Waals surface area contributed by atoms with Crippen LogP contribution in [0.3, 0.4) is 0 Å². The van der Waals surface area contributed by atoms with Gasteiger partial charge in [0.15, 0.2) is 8.32 Å². The van der Waals surface area contributed by atoms with Crippen molar-refractivity contribution in [3.63, 3.8) is 0 Å². The summed E-state index contributed by atoms with van der Waals surface area (Å²) in [6.07, 6.45) is 5.07. The van der Waals surface area contributed by atoms with E-state index in [9.17, 15) is 0 Å². The van der Waals surface area contributed by atoms with Gasteiger partial charge >= 0.3 is 0 Å². The van der Waals surface area contributed by atoms with Crippen LogP contribution in [0, 0.1) is 0 Å². The number of rotatable bonds is 7. The van der Waals surface area contributed by atoms with Crippen molar-refractivity contribution in [1.82, 2.24) is 0 Å². The van der Waals surface area contributed by atoms with Gasteiger partial charge in [-0.1, -0.05) is 78.3 Å². The van der Waals surface area contributed by atoms with Crippen LogP contribution in [0.1, 0.15) is 66.4 Å². The molecule has 1 atom stereocenters. The SMILES string of the molecule is CC.CCC[C@H](CCc1ccccc1)O[Si](C)(C)C(C)(C)C. The topological polar surface area (TPSA) is 9.23 Å². The molecule has 1 nitrogen and oxygen atoms in total. The van der Waals surface area contributed by atoms with Crippen molar-refractivity contribution in [2.75, 3.05) is 0 Å². The molecule has 128 valence electrons. The maximum atomic E-state index is 6.60. The molecule has 0 saturated heterocycles. The molecule has 0 N–H and O–H groups in total. The fourth-order valence-corrected chi connectivity index (χ4v) is 3.57. The summed E-state index contributed by atoms with van der Waals surface area (Å²) in [5.74, 6) is 0. The standard InChI is InChI=1S/C18H32OSi.C2H6/c1-7-11-17(19-20(5,6)18(2,3)4)15-14-16-12-9-8-10-13-16;1-2/h8-10,12-13,17H,7,11,14-15H2,1-6H3;1-2H3/t17-;/m1./s1. The van der Waals surface area contributed by atoms with Gasteiger partial charge < -0.3 is 4.43 Å². The van der Waals surface area contributed by atoms with Crippen molar-refractivity contribution in [2.45, 2.75) is 91.5 Å². The Hall–Kier alpha value is -0.603. The Morgan fingerprint density at radius 3 is 2.00 bits per heavy atom. The van der Waals surface area contributed by atoms with Crippen LogP contribution >= 0.6 is 0 Å². The second-order valence-electron chi connectivity index (χ2n) is 7.31. The van der Waals surface area contributed by atoms with Gasteiger partial charge in [-0.15, -0.1) is 0 Å². The summed E-state index contributed by atoms with van der Waals surface area (Å²) < 4.78 is 6.60. The zero-order chi connectivity index (χ0) is 17.2. The Labute approximate surface area is 140 Å². The second kappa shape index (κ2) is 10.2. The van der Waals surface area contributed by atoms with E-state index in [1.54, 1.807) is 0 Å². The van der Waals surface area contributed by atoms with Crippen molar-refractivity contribution in [3.8, 4) is 0 Å². The highest BCUT2D eigenvalue weighted by Crippen LogP contribution is 2.38. The molecule has 0 amide bonds. The van der Waals surface area contributed by atoms with Crippen molar-refractivity contribution >= 4 is 8.32 Å². The van der Waals surface area contributed by atoms with Crippen LogP contribution in [0.15, 0.2) is 30.3 Å². The summed E-state index contributed by atoms with van der Waals surface area (Å²) in [5, 5.41) is 0.297. The average Bonchev–Trinajstić information content (AvgIpc) is 2.47. The van der Waals surface area contributed by atoms with E-state index in [1.807, 2.05) is 13.8 Å². The molecule has 0 saturated carbocycles. The second-order valence-corrected chi connectivity index (χ2v) is 12.1. The van der Waals surface area contributed by atoms with Gasteiger partial charge in [0.25, 0.3) is 0 Å². The molecular formula is C20H38OSi. The molecule has 0 bridgehead atoms. The van der Waals surface area contributed by atoms with Gasteiger partial charge in [-0.2, -0.15) is 0 Å². The van der Waals surface area contributed by atoms with Crippen molar-refractivity contribution in [1.29, 1.82) is 0 Å². The largest absolute Gasteiger partial charge is 0.414 e. The Morgan fingerprint density at radius 1 is 1.00 bits per heavy atom. The lowest BCUT2D eigenvalue weighted by molar-refractivity contribution is 0.160. The van der Waals surface area contributed by atoms with E-state index in [0.717, 1.165) is 12.8 Å². The first-order chi connectivity index (χ1) is 10.3. The molecule has 0 radical (unpaired) electrons. The van der Waals surface area contributed by atoms with Gasteiger partial charge in [0.2, 0.25) is 0 Å². The predicted octanol–water partition coefficient (Wildman–Crippen LogP) is 6.84. The molecule has 0 fully saturated rings. The van der Waals surface area contributed by atoms with Crippen LogP contribution in [-0.4, -0.2) is 14.4 Å². The van der Waals surface area contributed by atoms with Gasteiger partial charge in [-0.25, -0.2) is 0 Å². The minimum absolute atomic E-state index is 0.297. The zero-order valence-corrected chi connectivity index (χ0v) is 17.2. The van der Waals surface area contributed by atoms with E-state index in [2.05, 4.69) is 71.1 Å². The maximum absolute atomic E-state index is 6.60. The van der Waals surface area contributed by atoms with Gasteiger partial charge in [-0.3, -0.25) is 0 Å². The van der Waals surface area contributed by atoms with Crippen LogP contribution in [0.25, 0.3) is 0 Å². The highest BCUT2D eigenvalue weighted by molar-refractivity contribution is 6.74. The molecule has 1 aromatic rings. The summed E-state index contributed by atoms with van der Waals surface area (Å²) in [6.45, 7) is 17.9. The minimum atomic E-state index is -1.64. The van der Waals surface area contributed by atoms with E-state index in [4.69, 9.17) is 4.43 Å². The first kappa shape index (κ1) is 21.4. The molecule has 2 heteroatoms. The van der Waals surface area contributed by atoms with Crippen LogP contribution < -0.4 is 0 Å². The Bertz CT molecular complexity index is 378. The summed E-state index contributed by atoms with van der Waals surface area (Å²) in [5.41, 5.74) is 1.42. The van der Waals surface area contributed by atoms with Crippen molar-refractivity contribution < 1.29 is 4.43 Å². The third kappa shape index (κ3) is 7.60. The molecule has 0 heterocycles. The Morgan fingerprint density at radius 2 is 1.55 bits per heavy atom. The molecule has 0 spiro atoms. The molecule has 1 aromatic carbocycles. The fraction of sp³-hybridized carbons (Fsp3) is 0.700. The first-order valence-electron chi connectivity index (χ1n) is 8.98. The normalized spacial score (nSPS) is 13.3. The van der Waals surface area contributed by atoms with Crippen LogP contribution in [0.2, 0.25) is 18.1 Å². The highest BCUT2D eigenvalue weighted by atomic mass is 28.4. The number of hydrogen-bond acceptors (Lipinski definition) is 1. The van der Waals surface area contributed by atoms with Crippen molar-refractivity contribution in [2.24, 2.45) is 0 Å². The zero-order valence-electron chi connectivity index (χ0n) is 16.2. The number of hydrogen-bond donors (Lipinski definition) is 0. The summed E-state index contributed by atoms with van der Waals surface area (Å²) in [7, 11) is -1.64. The fourth-order valence-electron chi connectivity index (χ4n) is 2.15.